The molecular formula is C50H53N9O8. The van der Waals surface area contributed by atoms with E-state index in [0.29, 0.717) is 79.3 Å². The minimum atomic E-state index is -0.417. The van der Waals surface area contributed by atoms with Gasteiger partial charge in [-0.05, 0) is 60.7 Å². The van der Waals surface area contributed by atoms with Crippen LogP contribution in [0.5, 0.6) is 40.4 Å². The van der Waals surface area contributed by atoms with Crippen LogP contribution in [-0.4, -0.2) is 96.6 Å². The molecule has 1 saturated heterocycles. The van der Waals surface area contributed by atoms with E-state index in [0.717, 1.165) is 77.9 Å². The lowest BCUT2D eigenvalue weighted by Crippen LogP contribution is -2.38. The first-order valence-corrected chi connectivity index (χ1v) is 22.2. The Morgan fingerprint density at radius 3 is 2.19 bits per heavy atom. The minimum Gasteiger partial charge on any atom is -0.492 e. The Morgan fingerprint density at radius 2 is 1.45 bits per heavy atom. The Morgan fingerprint density at radius 1 is 0.746 bits per heavy atom. The predicted molar refractivity (Wildman–Crippen MR) is 256 cm³/mol. The second kappa shape index (κ2) is 20.2. The number of amides is 2. The molecule has 0 saturated carbocycles. The van der Waals surface area contributed by atoms with Crippen LogP contribution in [0.3, 0.4) is 0 Å². The van der Waals surface area contributed by atoms with Crippen LogP contribution < -0.4 is 50.1 Å². The SMILES string of the molecule is CC(C)(C)c1cc(NC(=O)Nc2ccc(Oc3ccnc(Nc4ccc5c(c4)OCCO5)n3)c3ccccc23)n(-c2ccc(OCCN3CCOCC3)cc2)n1.Nc1ccc2c(c1)OCCO2. The zero-order valence-corrected chi connectivity index (χ0v) is 37.6. The Hall–Kier alpha value is -7.76. The molecule has 2 aromatic heterocycles. The summed E-state index contributed by atoms with van der Waals surface area (Å²) in [6.45, 7) is 13.3. The molecule has 17 nitrogen and oxygen atoms in total. The number of carbonyl (C=O) groups excluding carboxylic acids is 1. The van der Waals surface area contributed by atoms with E-state index in [9.17, 15) is 4.79 Å². The average molecular weight is 908 g/mol. The van der Waals surface area contributed by atoms with Crippen LogP contribution in [0, 0.1) is 0 Å². The maximum absolute atomic E-state index is 13.6. The van der Waals surface area contributed by atoms with Gasteiger partial charge in [0.25, 0.3) is 0 Å². The molecule has 5 heterocycles. The summed E-state index contributed by atoms with van der Waals surface area (Å²) in [5, 5.41) is 15.7. The lowest BCUT2D eigenvalue weighted by atomic mass is 9.92. The molecule has 0 spiro atoms. The highest BCUT2D eigenvalue weighted by molar-refractivity contribution is 6.07. The van der Waals surface area contributed by atoms with Crippen molar-refractivity contribution in [1.29, 1.82) is 0 Å². The number of rotatable bonds is 11. The van der Waals surface area contributed by atoms with Gasteiger partial charge in [0.1, 0.15) is 50.4 Å². The number of carbonyl (C=O) groups is 1. The van der Waals surface area contributed by atoms with Gasteiger partial charge in [0.05, 0.1) is 30.3 Å². The lowest BCUT2D eigenvalue weighted by Gasteiger charge is -2.26. The molecule has 7 aromatic rings. The number of benzene rings is 5. The van der Waals surface area contributed by atoms with Gasteiger partial charge in [-0.3, -0.25) is 10.2 Å². The molecule has 2 amide bonds. The van der Waals surface area contributed by atoms with Gasteiger partial charge in [0, 0.05) is 77.7 Å². The summed E-state index contributed by atoms with van der Waals surface area (Å²) < 4.78 is 41.4. The van der Waals surface area contributed by atoms with Crippen LogP contribution in [0.2, 0.25) is 0 Å². The van der Waals surface area contributed by atoms with Crippen molar-refractivity contribution < 1.29 is 38.0 Å². The molecule has 346 valence electrons. The number of ether oxygens (including phenoxy) is 7. The van der Waals surface area contributed by atoms with Crippen LogP contribution in [-0.2, 0) is 10.2 Å². The first-order valence-electron chi connectivity index (χ1n) is 22.2. The van der Waals surface area contributed by atoms with E-state index in [2.05, 4.69) is 51.6 Å². The van der Waals surface area contributed by atoms with Crippen molar-refractivity contribution >= 4 is 45.6 Å². The summed E-state index contributed by atoms with van der Waals surface area (Å²) in [4.78, 5) is 24.9. The number of nitrogens with zero attached hydrogens (tertiary/aromatic N) is 5. The van der Waals surface area contributed by atoms with E-state index >= 15 is 0 Å². The van der Waals surface area contributed by atoms with Crippen LogP contribution in [0.1, 0.15) is 26.5 Å². The highest BCUT2D eigenvalue weighted by atomic mass is 16.6. The monoisotopic (exact) mass is 907 g/mol. The zero-order chi connectivity index (χ0) is 46.2. The fourth-order valence-electron chi connectivity index (χ4n) is 7.46. The van der Waals surface area contributed by atoms with Gasteiger partial charge < -0.3 is 49.5 Å². The Kier molecular flexibility index (Phi) is 13.4. The molecule has 17 heteroatoms. The van der Waals surface area contributed by atoms with Crippen molar-refractivity contribution in [2.45, 2.75) is 26.2 Å². The molecule has 10 rings (SSSR count). The normalized spacial score (nSPS) is 14.3. The maximum Gasteiger partial charge on any atom is 0.324 e. The summed E-state index contributed by atoms with van der Waals surface area (Å²) in [5.41, 5.74) is 8.98. The van der Waals surface area contributed by atoms with Crippen molar-refractivity contribution in [2.75, 3.05) is 87.6 Å². The molecule has 0 aliphatic carbocycles. The molecule has 5 N–H and O–H groups in total. The average Bonchev–Trinajstić information content (AvgIpc) is 3.77. The number of nitrogens with two attached hydrogens (primary N) is 1. The summed E-state index contributed by atoms with van der Waals surface area (Å²) in [6.07, 6.45) is 1.62. The van der Waals surface area contributed by atoms with Crippen LogP contribution >= 0.6 is 0 Å². The smallest absolute Gasteiger partial charge is 0.324 e. The Balaban J connectivity index is 0.000000446. The van der Waals surface area contributed by atoms with Gasteiger partial charge in [-0.15, -0.1) is 0 Å². The number of urea groups is 1. The molecule has 0 bridgehead atoms. The van der Waals surface area contributed by atoms with Crippen molar-refractivity contribution in [2.24, 2.45) is 0 Å². The number of aromatic nitrogens is 4. The molecule has 0 atom stereocenters. The number of anilines is 5. The highest BCUT2D eigenvalue weighted by Gasteiger charge is 2.23. The third-order valence-corrected chi connectivity index (χ3v) is 10.9. The molecule has 3 aliphatic heterocycles. The van der Waals surface area contributed by atoms with Crippen molar-refractivity contribution in [1.82, 2.24) is 24.6 Å². The van der Waals surface area contributed by atoms with Crippen molar-refractivity contribution in [3.63, 3.8) is 0 Å². The summed E-state index contributed by atoms with van der Waals surface area (Å²) >= 11 is 0. The van der Waals surface area contributed by atoms with Gasteiger partial charge in [-0.2, -0.15) is 10.1 Å². The molecular weight excluding hydrogens is 855 g/mol. The standard InChI is InChI=1S/C42H44N8O6.C8H9NO2/c1-42(2,3)37-27-38(50(48-37)29-9-11-30(12-10-29)53-23-20-49-18-21-52-22-19-49)46-41(51)45-33-13-15-34(32-7-5-4-6-31(32)33)56-39-16-17-43-40(47-39)44-28-8-14-35-36(26-28)55-25-24-54-35;9-6-1-2-7-8(5-6)11-4-3-10-7/h4-17,26-27H,18-25H2,1-3H3,(H,43,44,47)(H2,45,46,51);1-2,5H,3-4,9H2. The number of hydrogen-bond acceptors (Lipinski definition) is 14. The third kappa shape index (κ3) is 11.2. The van der Waals surface area contributed by atoms with Crippen molar-refractivity contribution in [3.05, 3.63) is 121 Å². The minimum absolute atomic E-state index is 0.251. The fourth-order valence-corrected chi connectivity index (χ4v) is 7.46. The number of morpholine rings is 1. The van der Waals surface area contributed by atoms with Crippen LogP contribution in [0.15, 0.2) is 115 Å². The fraction of sp³-hybridized carbons (Fsp3) is 0.280. The number of fused-ring (bicyclic) bond motifs is 3. The number of nitrogen functional groups attached to an aromatic ring is 1. The molecule has 0 radical (unpaired) electrons. The summed E-state index contributed by atoms with van der Waals surface area (Å²) in [6, 6.07) is 33.2. The van der Waals surface area contributed by atoms with E-state index in [4.69, 9.17) is 44.0 Å². The number of hydrogen-bond donors (Lipinski definition) is 4. The largest absolute Gasteiger partial charge is 0.492 e. The van der Waals surface area contributed by atoms with Crippen LogP contribution in [0.4, 0.5) is 33.6 Å². The first kappa shape index (κ1) is 44.4. The van der Waals surface area contributed by atoms with E-state index in [1.807, 2.05) is 84.9 Å². The first-order chi connectivity index (χ1) is 32.6. The zero-order valence-electron chi connectivity index (χ0n) is 37.6. The second-order valence-corrected chi connectivity index (χ2v) is 16.8. The molecule has 67 heavy (non-hydrogen) atoms. The van der Waals surface area contributed by atoms with Gasteiger partial charge in [-0.1, -0.05) is 45.0 Å². The van der Waals surface area contributed by atoms with Gasteiger partial charge in [0.15, 0.2) is 23.0 Å². The summed E-state index contributed by atoms with van der Waals surface area (Å²) in [5.74, 6) is 5.46. The van der Waals surface area contributed by atoms with Crippen molar-refractivity contribution in [3.8, 4) is 46.1 Å². The maximum atomic E-state index is 13.6. The Bertz CT molecular complexity index is 2820. The van der Waals surface area contributed by atoms with E-state index in [-0.39, 0.29) is 5.41 Å². The van der Waals surface area contributed by atoms with Crippen LogP contribution in [0.25, 0.3) is 16.5 Å². The van der Waals surface area contributed by atoms with E-state index < -0.39 is 6.03 Å². The molecule has 3 aliphatic rings. The lowest BCUT2D eigenvalue weighted by molar-refractivity contribution is 0.0322. The van der Waals surface area contributed by atoms with E-state index in [1.165, 1.54) is 0 Å². The highest BCUT2D eigenvalue weighted by Crippen LogP contribution is 2.36. The molecule has 1 fully saturated rings. The topological polar surface area (TPSA) is 191 Å². The second-order valence-electron chi connectivity index (χ2n) is 16.8. The predicted octanol–water partition coefficient (Wildman–Crippen LogP) is 8.82. The van der Waals surface area contributed by atoms with E-state index in [1.54, 1.807) is 35.1 Å². The van der Waals surface area contributed by atoms with Gasteiger partial charge in [0.2, 0.25) is 11.8 Å². The quantitative estimate of drug-likeness (QED) is 0.0901. The van der Waals surface area contributed by atoms with Gasteiger partial charge >= 0.3 is 6.03 Å². The number of nitrogens with one attached hydrogen (secondary N) is 3. The van der Waals surface area contributed by atoms with Gasteiger partial charge in [-0.25, -0.2) is 14.5 Å². The third-order valence-electron chi connectivity index (χ3n) is 10.9. The summed E-state index contributed by atoms with van der Waals surface area (Å²) in [7, 11) is 0. The molecule has 0 unspecified atom stereocenters. The molecule has 5 aromatic carbocycles. The Labute approximate surface area is 388 Å².